The molecule has 3 aromatic rings. The van der Waals surface area contributed by atoms with E-state index in [9.17, 15) is 10.1 Å². The lowest BCUT2D eigenvalue weighted by atomic mass is 10.1. The van der Waals surface area contributed by atoms with Gasteiger partial charge in [-0.15, -0.1) is 11.3 Å². The Morgan fingerprint density at radius 1 is 1.14 bits per heavy atom. The van der Waals surface area contributed by atoms with Gasteiger partial charge in [0.15, 0.2) is 8.32 Å². The fraction of sp³-hybridized carbons (Fsp3) is 0.409. The van der Waals surface area contributed by atoms with Crippen LogP contribution in [0.4, 0.5) is 5.69 Å². The summed E-state index contributed by atoms with van der Waals surface area (Å²) in [4.78, 5) is 15.3. The number of thiazole rings is 1. The number of aryl methyl sites for hydroxylation is 1. The number of hydrogen-bond acceptors (Lipinski definition) is 5. The van der Waals surface area contributed by atoms with Gasteiger partial charge in [0.1, 0.15) is 5.01 Å². The van der Waals surface area contributed by atoms with Crippen molar-refractivity contribution in [1.82, 2.24) is 4.98 Å². The van der Waals surface area contributed by atoms with Crippen LogP contribution in [0.25, 0.3) is 20.8 Å². The molecule has 0 unspecified atom stereocenters. The molecule has 1 heterocycles. The number of benzene rings is 2. The minimum atomic E-state index is -1.77. The van der Waals surface area contributed by atoms with Crippen LogP contribution in [0.3, 0.4) is 0 Å². The number of nitro groups is 1. The summed E-state index contributed by atoms with van der Waals surface area (Å²) >= 11 is 1.64. The van der Waals surface area contributed by atoms with Crippen molar-refractivity contribution in [3.05, 3.63) is 57.6 Å². The highest BCUT2D eigenvalue weighted by Crippen LogP contribution is 2.37. The quantitative estimate of drug-likeness (QED) is 0.248. The lowest BCUT2D eigenvalue weighted by Gasteiger charge is -2.36. The van der Waals surface area contributed by atoms with Gasteiger partial charge in [0, 0.05) is 24.3 Å². The molecule has 2 aromatic carbocycles. The zero-order valence-corrected chi connectivity index (χ0v) is 19.7. The predicted molar refractivity (Wildman–Crippen MR) is 123 cm³/mol. The number of hydrogen-bond donors (Lipinski definition) is 0. The summed E-state index contributed by atoms with van der Waals surface area (Å²) in [7, 11) is -1.77. The molecule has 5 nitrogen and oxygen atoms in total. The smallest absolute Gasteiger partial charge is 0.269 e. The van der Waals surface area contributed by atoms with Crippen molar-refractivity contribution < 1.29 is 9.35 Å². The number of nitro benzene ring substituents is 1. The second-order valence-corrected chi connectivity index (χ2v) is 14.7. The summed E-state index contributed by atoms with van der Waals surface area (Å²) in [6.07, 6.45) is 0.852. The number of rotatable bonds is 6. The lowest BCUT2D eigenvalue weighted by Crippen LogP contribution is -2.41. The van der Waals surface area contributed by atoms with Crippen LogP contribution in [0.1, 0.15) is 31.9 Å². The standard InChI is InChI=1S/C22H28N2O3SSi/c1-15-7-8-16(13-14-27-29(5,6)22(2,3)4)20-19(15)23-21(28-20)17-9-11-18(12-10-17)24(25)26/h7-12H,13-14H2,1-6H3. The topological polar surface area (TPSA) is 65.3 Å². The zero-order chi connectivity index (χ0) is 21.4. The Labute approximate surface area is 177 Å². The Morgan fingerprint density at radius 2 is 1.79 bits per heavy atom. The molecule has 0 saturated carbocycles. The van der Waals surface area contributed by atoms with Crippen molar-refractivity contribution in [3.63, 3.8) is 0 Å². The average molecular weight is 429 g/mol. The van der Waals surface area contributed by atoms with Crippen molar-refractivity contribution in [3.8, 4) is 10.6 Å². The van der Waals surface area contributed by atoms with E-state index < -0.39 is 8.32 Å². The Balaban J connectivity index is 1.87. The average Bonchev–Trinajstić information content (AvgIpc) is 3.09. The van der Waals surface area contributed by atoms with E-state index in [-0.39, 0.29) is 15.6 Å². The Kier molecular flexibility index (Phi) is 5.94. The van der Waals surface area contributed by atoms with Gasteiger partial charge in [0.05, 0.1) is 15.1 Å². The number of nitrogens with zero attached hydrogens (tertiary/aromatic N) is 2. The van der Waals surface area contributed by atoms with Crippen molar-refractivity contribution in [2.75, 3.05) is 6.61 Å². The SMILES string of the molecule is Cc1ccc(CCO[Si](C)(C)C(C)(C)C)c2sc(-c3ccc([N+](=O)[O-])cc3)nc12. The zero-order valence-electron chi connectivity index (χ0n) is 17.9. The molecule has 0 aliphatic heterocycles. The van der Waals surface area contributed by atoms with E-state index in [1.54, 1.807) is 23.5 Å². The summed E-state index contributed by atoms with van der Waals surface area (Å²) in [5.74, 6) is 0. The molecule has 29 heavy (non-hydrogen) atoms. The molecule has 0 fully saturated rings. The maximum atomic E-state index is 10.9. The molecule has 0 aliphatic rings. The Morgan fingerprint density at radius 3 is 2.38 bits per heavy atom. The van der Waals surface area contributed by atoms with E-state index in [0.717, 1.165) is 28.1 Å². The van der Waals surface area contributed by atoms with Gasteiger partial charge < -0.3 is 4.43 Å². The van der Waals surface area contributed by atoms with E-state index in [2.05, 4.69) is 52.9 Å². The van der Waals surface area contributed by atoms with Crippen LogP contribution >= 0.6 is 11.3 Å². The van der Waals surface area contributed by atoms with Gasteiger partial charge in [-0.2, -0.15) is 0 Å². The van der Waals surface area contributed by atoms with E-state index >= 15 is 0 Å². The van der Waals surface area contributed by atoms with Crippen LogP contribution in [0.2, 0.25) is 18.1 Å². The molecule has 0 radical (unpaired) electrons. The Bertz CT molecular complexity index is 1040. The van der Waals surface area contributed by atoms with E-state index in [0.29, 0.717) is 6.61 Å². The Hall–Kier alpha value is -2.09. The largest absolute Gasteiger partial charge is 0.416 e. The highest BCUT2D eigenvalue weighted by molar-refractivity contribution is 7.21. The van der Waals surface area contributed by atoms with Crippen molar-refractivity contribution in [2.45, 2.75) is 52.2 Å². The summed E-state index contributed by atoms with van der Waals surface area (Å²) in [6, 6.07) is 10.9. The van der Waals surface area contributed by atoms with Crippen LogP contribution < -0.4 is 0 Å². The molecule has 0 N–H and O–H groups in total. The normalized spacial score (nSPS) is 12.5. The summed E-state index contributed by atoms with van der Waals surface area (Å²) in [6.45, 7) is 14.1. The second kappa shape index (κ2) is 7.97. The first kappa shape index (κ1) is 21.6. The molecule has 7 heteroatoms. The summed E-state index contributed by atoms with van der Waals surface area (Å²) in [5, 5.41) is 12.0. The minimum Gasteiger partial charge on any atom is -0.416 e. The monoisotopic (exact) mass is 428 g/mol. The van der Waals surface area contributed by atoms with E-state index in [4.69, 9.17) is 9.41 Å². The third kappa shape index (κ3) is 4.57. The molecule has 0 bridgehead atoms. The molecule has 0 spiro atoms. The third-order valence-corrected chi connectivity index (χ3v) is 11.5. The maximum absolute atomic E-state index is 10.9. The first-order chi connectivity index (χ1) is 13.5. The summed E-state index contributed by atoms with van der Waals surface area (Å²) in [5.41, 5.74) is 4.39. The van der Waals surface area contributed by atoms with Crippen molar-refractivity contribution in [1.29, 1.82) is 0 Å². The minimum absolute atomic E-state index is 0.0921. The maximum Gasteiger partial charge on any atom is 0.269 e. The molecule has 0 atom stereocenters. The van der Waals surface area contributed by atoms with Crippen molar-refractivity contribution >= 4 is 35.6 Å². The van der Waals surface area contributed by atoms with E-state index in [1.807, 2.05) is 0 Å². The predicted octanol–water partition coefficient (Wildman–Crippen LogP) is 6.74. The molecular formula is C22H28N2O3SSi. The highest BCUT2D eigenvalue weighted by Gasteiger charge is 2.36. The summed E-state index contributed by atoms with van der Waals surface area (Å²) < 4.78 is 7.54. The van der Waals surface area contributed by atoms with Gasteiger partial charge in [0.2, 0.25) is 0 Å². The highest BCUT2D eigenvalue weighted by atomic mass is 32.1. The first-order valence-electron chi connectivity index (χ1n) is 9.77. The lowest BCUT2D eigenvalue weighted by molar-refractivity contribution is -0.384. The van der Waals surface area contributed by atoms with Crippen LogP contribution in [-0.4, -0.2) is 24.8 Å². The van der Waals surface area contributed by atoms with Gasteiger partial charge >= 0.3 is 0 Å². The number of fused-ring (bicyclic) bond motifs is 1. The molecule has 0 saturated heterocycles. The molecule has 0 amide bonds. The molecule has 3 rings (SSSR count). The fourth-order valence-electron chi connectivity index (χ4n) is 2.86. The van der Waals surface area contributed by atoms with Crippen LogP contribution in [0, 0.1) is 17.0 Å². The molecule has 0 aliphatic carbocycles. The molecule has 1 aromatic heterocycles. The van der Waals surface area contributed by atoms with Gasteiger partial charge in [-0.3, -0.25) is 10.1 Å². The van der Waals surface area contributed by atoms with E-state index in [1.165, 1.54) is 22.4 Å². The molecular weight excluding hydrogens is 400 g/mol. The fourth-order valence-corrected chi connectivity index (χ4v) is 5.10. The van der Waals surface area contributed by atoms with Gasteiger partial charge in [0.25, 0.3) is 5.69 Å². The number of aromatic nitrogens is 1. The second-order valence-electron chi connectivity index (χ2n) is 8.90. The number of non-ortho nitro benzene ring substituents is 1. The van der Waals surface area contributed by atoms with Gasteiger partial charge in [-0.1, -0.05) is 32.9 Å². The van der Waals surface area contributed by atoms with Crippen molar-refractivity contribution in [2.24, 2.45) is 0 Å². The van der Waals surface area contributed by atoms with Crippen LogP contribution in [-0.2, 0) is 10.8 Å². The van der Waals surface area contributed by atoms with Gasteiger partial charge in [-0.25, -0.2) is 4.98 Å². The van der Waals surface area contributed by atoms with Crippen LogP contribution in [0.15, 0.2) is 36.4 Å². The van der Waals surface area contributed by atoms with Crippen LogP contribution in [0.5, 0.6) is 0 Å². The first-order valence-corrected chi connectivity index (χ1v) is 13.5. The molecule has 154 valence electrons. The third-order valence-electron chi connectivity index (χ3n) is 5.79. The van der Waals surface area contributed by atoms with Gasteiger partial charge in [-0.05, 0) is 54.7 Å².